The highest BCUT2D eigenvalue weighted by Gasteiger charge is 2.14. The maximum Gasteiger partial charge on any atom is 0.340 e. The average Bonchev–Trinajstić information content (AvgIpc) is 3.14. The predicted molar refractivity (Wildman–Crippen MR) is 102 cm³/mol. The molecule has 9 nitrogen and oxygen atoms in total. The molecule has 0 fully saturated rings. The molecule has 28 heavy (non-hydrogen) atoms. The summed E-state index contributed by atoms with van der Waals surface area (Å²) in [4.78, 5) is 38.5. The molecule has 2 aromatic heterocycles. The molecule has 0 atom stereocenters. The maximum absolute atomic E-state index is 12.8. The van der Waals surface area contributed by atoms with Crippen LogP contribution >= 0.6 is 0 Å². The normalized spacial score (nSPS) is 10.9. The van der Waals surface area contributed by atoms with Gasteiger partial charge in [0.05, 0.1) is 17.6 Å². The average molecular weight is 376 g/mol. The molecule has 0 aliphatic carbocycles. The lowest BCUT2D eigenvalue weighted by Crippen LogP contribution is -2.34. The van der Waals surface area contributed by atoms with Crippen molar-refractivity contribution in [3.8, 4) is 11.3 Å². The van der Waals surface area contributed by atoms with Gasteiger partial charge in [0.1, 0.15) is 12.4 Å². The number of carbonyl (C=O) groups is 1. The number of aromatic amines is 2. The second-order valence-corrected chi connectivity index (χ2v) is 6.12. The van der Waals surface area contributed by atoms with Gasteiger partial charge >= 0.3 is 5.69 Å². The van der Waals surface area contributed by atoms with Gasteiger partial charge in [0.15, 0.2) is 0 Å². The number of hydrogen-bond donors (Lipinski definition) is 3. The second-order valence-electron chi connectivity index (χ2n) is 6.12. The van der Waals surface area contributed by atoms with E-state index in [4.69, 9.17) is 0 Å². The summed E-state index contributed by atoms with van der Waals surface area (Å²) in [5.74, 6) is -0.130. The first-order valence-corrected chi connectivity index (χ1v) is 8.57. The zero-order valence-electron chi connectivity index (χ0n) is 14.7. The van der Waals surface area contributed by atoms with Crippen LogP contribution in [0.4, 0.5) is 0 Å². The molecule has 4 aromatic rings. The van der Waals surface area contributed by atoms with Gasteiger partial charge in [-0.3, -0.25) is 14.6 Å². The summed E-state index contributed by atoms with van der Waals surface area (Å²) in [6.07, 6.45) is 0. The summed E-state index contributed by atoms with van der Waals surface area (Å²) < 4.78 is 1.15. The number of aromatic nitrogens is 5. The highest BCUT2D eigenvalue weighted by molar-refractivity contribution is 5.93. The Morgan fingerprint density at radius 3 is 2.43 bits per heavy atom. The van der Waals surface area contributed by atoms with Crippen molar-refractivity contribution >= 4 is 16.7 Å². The third kappa shape index (κ3) is 3.45. The van der Waals surface area contributed by atoms with Crippen LogP contribution in [0.5, 0.6) is 0 Å². The largest absolute Gasteiger partial charge is 0.347 e. The minimum absolute atomic E-state index is 0.0332. The number of rotatable bonds is 5. The lowest BCUT2D eigenvalue weighted by molar-refractivity contribution is -0.122. The standard InChI is InChI=1S/C19H16N6O3/c26-16(20-10-15-21-19(28)23-22-15)11-25-18(27)14-9-5-4-8-13(14)17(24-25)12-6-2-1-3-7-12/h1-9H,10-11H2,(H,20,26)(H2,21,22,23,28). The van der Waals surface area contributed by atoms with E-state index in [0.717, 1.165) is 15.6 Å². The van der Waals surface area contributed by atoms with Gasteiger partial charge in [-0.05, 0) is 6.07 Å². The van der Waals surface area contributed by atoms with E-state index in [9.17, 15) is 14.4 Å². The first-order valence-electron chi connectivity index (χ1n) is 8.57. The molecule has 2 heterocycles. The number of H-pyrrole nitrogens is 2. The van der Waals surface area contributed by atoms with Gasteiger partial charge in [-0.2, -0.15) is 10.2 Å². The summed E-state index contributed by atoms with van der Waals surface area (Å²) >= 11 is 0. The highest BCUT2D eigenvalue weighted by atomic mass is 16.2. The van der Waals surface area contributed by atoms with Gasteiger partial charge in [-0.15, -0.1) is 0 Å². The zero-order chi connectivity index (χ0) is 19.5. The summed E-state index contributed by atoms with van der Waals surface area (Å²) in [5, 5.41) is 14.2. The smallest absolute Gasteiger partial charge is 0.340 e. The molecule has 2 aromatic carbocycles. The van der Waals surface area contributed by atoms with Crippen LogP contribution in [0.3, 0.4) is 0 Å². The van der Waals surface area contributed by atoms with Crippen LogP contribution in [-0.2, 0) is 17.9 Å². The van der Waals surface area contributed by atoms with Crippen molar-refractivity contribution in [3.63, 3.8) is 0 Å². The predicted octanol–water partition coefficient (Wildman–Crippen LogP) is 0.791. The molecule has 0 aliphatic heterocycles. The summed E-state index contributed by atoms with van der Waals surface area (Å²) in [7, 11) is 0. The fraction of sp³-hybridized carbons (Fsp3) is 0.105. The van der Waals surface area contributed by atoms with E-state index in [1.807, 2.05) is 42.5 Å². The SMILES string of the molecule is O=C(Cn1nc(-c2ccccc2)c2ccccc2c1=O)NCc1n[nH]c(=O)[nH]1. The van der Waals surface area contributed by atoms with E-state index in [-0.39, 0.29) is 18.6 Å². The van der Waals surface area contributed by atoms with Crippen molar-refractivity contribution in [2.75, 3.05) is 0 Å². The Morgan fingerprint density at radius 2 is 1.71 bits per heavy atom. The van der Waals surface area contributed by atoms with Gasteiger partial charge < -0.3 is 5.32 Å². The molecule has 0 radical (unpaired) electrons. The molecule has 0 bridgehead atoms. The van der Waals surface area contributed by atoms with Crippen molar-refractivity contribution in [2.24, 2.45) is 0 Å². The van der Waals surface area contributed by atoms with Crippen LogP contribution in [0.2, 0.25) is 0 Å². The van der Waals surface area contributed by atoms with E-state index in [1.165, 1.54) is 0 Å². The van der Waals surface area contributed by atoms with Crippen LogP contribution in [0.25, 0.3) is 22.0 Å². The molecule has 0 saturated heterocycles. The van der Waals surface area contributed by atoms with Crippen LogP contribution < -0.4 is 16.6 Å². The Hall–Kier alpha value is -4.01. The van der Waals surface area contributed by atoms with Crippen LogP contribution in [0.1, 0.15) is 5.82 Å². The van der Waals surface area contributed by atoms with Crippen molar-refractivity contribution in [2.45, 2.75) is 13.1 Å². The van der Waals surface area contributed by atoms with Gasteiger partial charge in [-0.1, -0.05) is 48.5 Å². The molecule has 3 N–H and O–H groups in total. The Morgan fingerprint density at radius 1 is 1.00 bits per heavy atom. The monoisotopic (exact) mass is 376 g/mol. The zero-order valence-corrected chi connectivity index (χ0v) is 14.7. The molecule has 9 heteroatoms. The van der Waals surface area contributed by atoms with Gasteiger partial charge in [0.2, 0.25) is 5.91 Å². The Labute approximate surface area is 158 Å². The van der Waals surface area contributed by atoms with E-state index >= 15 is 0 Å². The topological polar surface area (TPSA) is 126 Å². The van der Waals surface area contributed by atoms with E-state index < -0.39 is 11.6 Å². The number of hydrogen-bond acceptors (Lipinski definition) is 5. The minimum Gasteiger partial charge on any atom is -0.347 e. The van der Waals surface area contributed by atoms with Gasteiger partial charge in [-0.25, -0.2) is 14.6 Å². The van der Waals surface area contributed by atoms with Crippen LogP contribution in [-0.4, -0.2) is 30.9 Å². The Balaban J connectivity index is 1.67. The first-order chi connectivity index (χ1) is 13.6. The van der Waals surface area contributed by atoms with E-state index in [1.54, 1.807) is 12.1 Å². The molecule has 140 valence electrons. The number of nitrogens with one attached hydrogen (secondary N) is 3. The molecule has 4 rings (SSSR count). The van der Waals surface area contributed by atoms with Crippen molar-refractivity contribution in [1.82, 2.24) is 30.3 Å². The number of fused-ring (bicyclic) bond motifs is 1. The quantitative estimate of drug-likeness (QED) is 0.475. The Bertz CT molecular complexity index is 1260. The van der Waals surface area contributed by atoms with Crippen molar-refractivity contribution in [3.05, 3.63) is 81.3 Å². The third-order valence-corrected chi connectivity index (χ3v) is 4.21. The minimum atomic E-state index is -0.454. The molecule has 0 aliphatic rings. The van der Waals surface area contributed by atoms with Crippen molar-refractivity contribution in [1.29, 1.82) is 0 Å². The Kier molecular flexibility index (Phi) is 4.55. The van der Waals surface area contributed by atoms with E-state index in [0.29, 0.717) is 16.9 Å². The lowest BCUT2D eigenvalue weighted by atomic mass is 10.1. The molecule has 0 unspecified atom stereocenters. The summed E-state index contributed by atoms with van der Waals surface area (Å²) in [6, 6.07) is 16.6. The van der Waals surface area contributed by atoms with Gasteiger partial charge in [0.25, 0.3) is 5.56 Å². The first kappa shape index (κ1) is 17.4. The number of nitrogens with zero attached hydrogens (tertiary/aromatic N) is 3. The lowest BCUT2D eigenvalue weighted by Gasteiger charge is -2.11. The molecular weight excluding hydrogens is 360 g/mol. The van der Waals surface area contributed by atoms with E-state index in [2.05, 4.69) is 25.6 Å². The molecule has 1 amide bonds. The van der Waals surface area contributed by atoms with Gasteiger partial charge in [0, 0.05) is 10.9 Å². The fourth-order valence-electron chi connectivity index (χ4n) is 2.91. The maximum atomic E-state index is 12.8. The number of amides is 1. The third-order valence-electron chi connectivity index (χ3n) is 4.21. The van der Waals surface area contributed by atoms with Crippen LogP contribution in [0, 0.1) is 0 Å². The number of carbonyl (C=O) groups excluding carboxylic acids is 1. The van der Waals surface area contributed by atoms with Crippen LogP contribution in [0.15, 0.2) is 64.2 Å². The summed E-state index contributed by atoms with van der Waals surface area (Å²) in [6.45, 7) is -0.219. The molecule has 0 saturated carbocycles. The fourth-order valence-corrected chi connectivity index (χ4v) is 2.91. The number of benzene rings is 2. The molecule has 0 spiro atoms. The second kappa shape index (κ2) is 7.31. The molecular formula is C19H16N6O3. The summed E-state index contributed by atoms with van der Waals surface area (Å²) in [5.41, 5.74) is 0.671. The highest BCUT2D eigenvalue weighted by Crippen LogP contribution is 2.24. The van der Waals surface area contributed by atoms with Crippen molar-refractivity contribution < 1.29 is 4.79 Å².